The van der Waals surface area contributed by atoms with Gasteiger partial charge in [0.15, 0.2) is 34.0 Å². The van der Waals surface area contributed by atoms with E-state index in [-0.39, 0.29) is 12.4 Å². The highest BCUT2D eigenvalue weighted by molar-refractivity contribution is 7.98. The second-order valence-corrected chi connectivity index (χ2v) is 7.83. The number of para-hydroxylation sites is 1. The Morgan fingerprint density at radius 3 is 2.68 bits per heavy atom. The molecule has 0 bridgehead atoms. The van der Waals surface area contributed by atoms with Crippen LogP contribution in [0.3, 0.4) is 0 Å². The fourth-order valence-corrected chi connectivity index (χ4v) is 3.89. The Balaban J connectivity index is 1.44. The maximum atomic E-state index is 13.8. The average Bonchev–Trinajstić information content (AvgIpc) is 3.49. The molecule has 0 fully saturated rings. The minimum atomic E-state index is -0.437. The molecule has 0 atom stereocenters. The summed E-state index contributed by atoms with van der Waals surface area (Å²) in [6.07, 6.45) is 1.72. The van der Waals surface area contributed by atoms with Crippen LogP contribution in [0.2, 0.25) is 0 Å². The molecular formula is C23H22FN5O4S. The molecule has 0 aliphatic heterocycles. The second kappa shape index (κ2) is 10.8. The second-order valence-electron chi connectivity index (χ2n) is 6.89. The van der Waals surface area contributed by atoms with E-state index in [1.165, 1.54) is 17.8 Å². The molecule has 11 heteroatoms. The highest BCUT2D eigenvalue weighted by atomic mass is 32.2. The number of allylic oxidation sites excluding steroid dienone is 1. The van der Waals surface area contributed by atoms with Gasteiger partial charge >= 0.3 is 0 Å². The molecule has 9 nitrogen and oxygen atoms in total. The van der Waals surface area contributed by atoms with Gasteiger partial charge < -0.3 is 18.7 Å². The van der Waals surface area contributed by atoms with Crippen LogP contribution >= 0.6 is 11.8 Å². The summed E-state index contributed by atoms with van der Waals surface area (Å²) in [6, 6.07) is 11.6. The van der Waals surface area contributed by atoms with Crippen molar-refractivity contribution in [2.45, 2.75) is 24.1 Å². The van der Waals surface area contributed by atoms with E-state index in [9.17, 15) is 4.39 Å². The maximum Gasteiger partial charge on any atom is 0.237 e. The van der Waals surface area contributed by atoms with Gasteiger partial charge in [-0.2, -0.15) is 4.98 Å². The number of aromatic nitrogens is 5. The Hall–Kier alpha value is -3.86. The number of methoxy groups -OCH3 is 2. The normalized spacial score (nSPS) is 10.8. The van der Waals surface area contributed by atoms with Crippen molar-refractivity contribution in [3.05, 3.63) is 72.7 Å². The summed E-state index contributed by atoms with van der Waals surface area (Å²) in [5.74, 6) is 2.68. The van der Waals surface area contributed by atoms with Gasteiger partial charge in [-0.15, -0.1) is 16.8 Å². The zero-order valence-corrected chi connectivity index (χ0v) is 19.4. The Bertz CT molecular complexity index is 1280. The third-order valence-electron chi connectivity index (χ3n) is 4.73. The maximum absolute atomic E-state index is 13.8. The number of ether oxygens (including phenoxy) is 3. The molecule has 2 heterocycles. The predicted molar refractivity (Wildman–Crippen MR) is 123 cm³/mol. The first-order valence-electron chi connectivity index (χ1n) is 10.2. The summed E-state index contributed by atoms with van der Waals surface area (Å²) in [5.41, 5.74) is 0.736. The van der Waals surface area contributed by atoms with Crippen LogP contribution in [-0.2, 0) is 18.9 Å². The summed E-state index contributed by atoms with van der Waals surface area (Å²) in [6.45, 7) is 4.31. The van der Waals surface area contributed by atoms with Gasteiger partial charge in [0.2, 0.25) is 11.7 Å². The molecule has 0 N–H and O–H groups in total. The summed E-state index contributed by atoms with van der Waals surface area (Å²) in [5, 5.41) is 13.1. The van der Waals surface area contributed by atoms with Crippen LogP contribution in [0.4, 0.5) is 4.39 Å². The molecule has 34 heavy (non-hydrogen) atoms. The zero-order valence-electron chi connectivity index (χ0n) is 18.6. The van der Waals surface area contributed by atoms with Crippen molar-refractivity contribution in [1.29, 1.82) is 0 Å². The molecule has 0 saturated heterocycles. The lowest BCUT2D eigenvalue weighted by atomic mass is 10.2. The smallest absolute Gasteiger partial charge is 0.237 e. The number of rotatable bonds is 11. The molecule has 0 unspecified atom stereocenters. The van der Waals surface area contributed by atoms with Gasteiger partial charge in [-0.3, -0.25) is 4.57 Å². The molecule has 2 aromatic heterocycles. The molecule has 0 spiro atoms. The van der Waals surface area contributed by atoms with Crippen molar-refractivity contribution in [2.24, 2.45) is 0 Å². The molecule has 176 valence electrons. The van der Waals surface area contributed by atoms with Gasteiger partial charge in [-0.1, -0.05) is 35.1 Å². The molecule has 0 amide bonds. The Morgan fingerprint density at radius 2 is 1.91 bits per heavy atom. The molecule has 2 aromatic carbocycles. The highest BCUT2D eigenvalue weighted by Gasteiger charge is 2.16. The van der Waals surface area contributed by atoms with E-state index in [0.29, 0.717) is 46.5 Å². The van der Waals surface area contributed by atoms with Crippen LogP contribution in [0.25, 0.3) is 11.4 Å². The first-order chi connectivity index (χ1) is 16.6. The summed E-state index contributed by atoms with van der Waals surface area (Å²) < 4.78 is 37.2. The molecule has 4 aromatic rings. The van der Waals surface area contributed by atoms with Gasteiger partial charge in [0.1, 0.15) is 6.61 Å². The van der Waals surface area contributed by atoms with E-state index in [0.717, 1.165) is 5.56 Å². The van der Waals surface area contributed by atoms with Gasteiger partial charge in [-0.25, -0.2) is 4.39 Å². The van der Waals surface area contributed by atoms with E-state index in [2.05, 4.69) is 26.9 Å². The highest BCUT2D eigenvalue weighted by Crippen LogP contribution is 2.31. The Morgan fingerprint density at radius 1 is 1.09 bits per heavy atom. The number of benzene rings is 2. The largest absolute Gasteiger partial charge is 0.493 e. The third-order valence-corrected chi connectivity index (χ3v) is 5.68. The van der Waals surface area contributed by atoms with E-state index in [1.807, 2.05) is 10.6 Å². The lowest BCUT2D eigenvalue weighted by molar-refractivity contribution is 0.275. The lowest BCUT2D eigenvalue weighted by Gasteiger charge is -2.09. The minimum absolute atomic E-state index is 0.0618. The summed E-state index contributed by atoms with van der Waals surface area (Å²) >= 11 is 1.38. The van der Waals surface area contributed by atoms with E-state index in [4.69, 9.17) is 18.7 Å². The van der Waals surface area contributed by atoms with Gasteiger partial charge in [-0.05, 0) is 30.3 Å². The fourth-order valence-electron chi connectivity index (χ4n) is 3.08. The van der Waals surface area contributed by atoms with Crippen LogP contribution in [-0.4, -0.2) is 39.1 Å². The number of halogens is 1. The topological polar surface area (TPSA) is 97.3 Å². The first kappa shape index (κ1) is 23.3. The van der Waals surface area contributed by atoms with Crippen LogP contribution in [0, 0.1) is 5.82 Å². The SMILES string of the molecule is C=CCn1c(COc2ccccc2F)nnc1SCc1nc(-c2ccc(OC)c(OC)c2)no1. The standard InChI is InChI=1S/C23H22FN5O4S/c1-4-11-29-20(13-32-17-8-6-5-7-16(17)24)26-27-23(29)34-14-21-25-22(28-33-21)15-9-10-18(30-2)19(12-15)31-3/h4-10,12H,1,11,13-14H2,2-3H3. The molecule has 4 rings (SSSR count). The Kier molecular flexibility index (Phi) is 7.43. The molecule has 0 aliphatic rings. The fraction of sp³-hybridized carbons (Fsp3) is 0.217. The molecule has 0 aliphatic carbocycles. The number of nitrogens with zero attached hydrogens (tertiary/aromatic N) is 5. The molecular weight excluding hydrogens is 461 g/mol. The Labute approximate surface area is 199 Å². The average molecular weight is 484 g/mol. The van der Waals surface area contributed by atoms with E-state index >= 15 is 0 Å². The number of hydrogen-bond donors (Lipinski definition) is 0. The lowest BCUT2D eigenvalue weighted by Crippen LogP contribution is -2.08. The van der Waals surface area contributed by atoms with Crippen LogP contribution in [0.15, 0.2) is 64.8 Å². The number of hydrogen-bond acceptors (Lipinski definition) is 9. The summed E-state index contributed by atoms with van der Waals surface area (Å²) in [7, 11) is 3.14. The minimum Gasteiger partial charge on any atom is -0.493 e. The summed E-state index contributed by atoms with van der Waals surface area (Å²) in [4.78, 5) is 4.46. The van der Waals surface area contributed by atoms with Gasteiger partial charge in [0, 0.05) is 12.1 Å². The predicted octanol–water partition coefficient (Wildman–Crippen LogP) is 4.54. The zero-order chi connectivity index (χ0) is 23.9. The van der Waals surface area contributed by atoms with E-state index < -0.39 is 5.82 Å². The van der Waals surface area contributed by atoms with Crippen molar-refractivity contribution in [3.8, 4) is 28.6 Å². The van der Waals surface area contributed by atoms with Crippen LogP contribution in [0.5, 0.6) is 17.2 Å². The van der Waals surface area contributed by atoms with Crippen molar-refractivity contribution < 1.29 is 23.1 Å². The van der Waals surface area contributed by atoms with Crippen molar-refractivity contribution >= 4 is 11.8 Å². The van der Waals surface area contributed by atoms with Crippen molar-refractivity contribution in [2.75, 3.05) is 14.2 Å². The van der Waals surface area contributed by atoms with Gasteiger partial charge in [0.05, 0.1) is 20.0 Å². The molecule has 0 radical (unpaired) electrons. The van der Waals surface area contributed by atoms with Crippen LogP contribution in [0.1, 0.15) is 11.7 Å². The van der Waals surface area contributed by atoms with Crippen molar-refractivity contribution in [3.63, 3.8) is 0 Å². The van der Waals surface area contributed by atoms with Gasteiger partial charge in [0.25, 0.3) is 0 Å². The quantitative estimate of drug-likeness (QED) is 0.225. The van der Waals surface area contributed by atoms with Crippen molar-refractivity contribution in [1.82, 2.24) is 24.9 Å². The number of thioether (sulfide) groups is 1. The van der Waals surface area contributed by atoms with Crippen LogP contribution < -0.4 is 14.2 Å². The molecule has 0 saturated carbocycles. The first-order valence-corrected chi connectivity index (χ1v) is 11.2. The van der Waals surface area contributed by atoms with E-state index in [1.54, 1.807) is 50.6 Å². The monoisotopic (exact) mass is 483 g/mol. The third kappa shape index (κ3) is 5.20.